The molecule has 1 atom stereocenters. The molecule has 1 fully saturated rings. The Labute approximate surface area is 111 Å². The monoisotopic (exact) mass is 262 g/mol. The SMILES string of the molecule is C[C@@H](N)C(=O)NC1CC(C)(C)CC(C)(C)C1.Cl. The molecule has 102 valence electrons. The van der Waals surface area contributed by atoms with Crippen LogP contribution in [0.25, 0.3) is 0 Å². The molecule has 0 aromatic carbocycles. The van der Waals surface area contributed by atoms with Gasteiger partial charge in [-0.25, -0.2) is 0 Å². The lowest BCUT2D eigenvalue weighted by molar-refractivity contribution is -0.123. The van der Waals surface area contributed by atoms with Crippen molar-refractivity contribution in [3.05, 3.63) is 0 Å². The fraction of sp³-hybridized carbons (Fsp3) is 0.923. The molecule has 3 nitrogen and oxygen atoms in total. The minimum Gasteiger partial charge on any atom is -0.352 e. The highest BCUT2D eigenvalue weighted by Gasteiger charge is 2.38. The summed E-state index contributed by atoms with van der Waals surface area (Å²) in [5, 5.41) is 3.07. The van der Waals surface area contributed by atoms with E-state index in [0.29, 0.717) is 10.8 Å². The highest BCUT2D eigenvalue weighted by atomic mass is 35.5. The van der Waals surface area contributed by atoms with E-state index in [1.165, 1.54) is 6.42 Å². The Morgan fingerprint density at radius 3 is 2.00 bits per heavy atom. The van der Waals surface area contributed by atoms with Crippen molar-refractivity contribution in [2.75, 3.05) is 0 Å². The predicted octanol–water partition coefficient (Wildman–Crippen LogP) is 2.48. The molecule has 3 N–H and O–H groups in total. The van der Waals surface area contributed by atoms with Gasteiger partial charge in [-0.15, -0.1) is 12.4 Å². The van der Waals surface area contributed by atoms with E-state index in [9.17, 15) is 4.79 Å². The van der Waals surface area contributed by atoms with E-state index in [-0.39, 0.29) is 24.4 Å². The summed E-state index contributed by atoms with van der Waals surface area (Å²) in [4.78, 5) is 11.6. The van der Waals surface area contributed by atoms with Gasteiger partial charge in [-0.05, 0) is 37.0 Å². The fourth-order valence-corrected chi connectivity index (χ4v) is 3.28. The number of carbonyl (C=O) groups is 1. The average molecular weight is 263 g/mol. The standard InChI is InChI=1S/C13H26N2O.ClH/c1-9(14)11(16)15-10-6-12(2,3)8-13(4,5)7-10;/h9-10H,6-8,14H2,1-5H3,(H,15,16);1H/t9-;/m1./s1. The number of hydrogen-bond acceptors (Lipinski definition) is 2. The van der Waals surface area contributed by atoms with Gasteiger partial charge in [0.15, 0.2) is 0 Å². The van der Waals surface area contributed by atoms with Gasteiger partial charge in [-0.3, -0.25) is 4.79 Å². The van der Waals surface area contributed by atoms with Gasteiger partial charge in [0.25, 0.3) is 0 Å². The number of amides is 1. The van der Waals surface area contributed by atoms with Crippen LogP contribution in [0.1, 0.15) is 53.9 Å². The smallest absolute Gasteiger partial charge is 0.236 e. The molecular weight excluding hydrogens is 236 g/mol. The lowest BCUT2D eigenvalue weighted by atomic mass is 9.63. The van der Waals surface area contributed by atoms with Crippen LogP contribution in [0.3, 0.4) is 0 Å². The number of nitrogens with two attached hydrogens (primary N) is 1. The van der Waals surface area contributed by atoms with Gasteiger partial charge in [0, 0.05) is 6.04 Å². The van der Waals surface area contributed by atoms with E-state index >= 15 is 0 Å². The normalized spacial score (nSPS) is 24.6. The molecule has 1 saturated carbocycles. The van der Waals surface area contributed by atoms with Crippen molar-refractivity contribution in [1.29, 1.82) is 0 Å². The quantitative estimate of drug-likeness (QED) is 0.803. The van der Waals surface area contributed by atoms with Crippen molar-refractivity contribution in [2.24, 2.45) is 16.6 Å². The zero-order valence-corrected chi connectivity index (χ0v) is 12.5. The molecule has 0 unspecified atom stereocenters. The molecule has 0 bridgehead atoms. The van der Waals surface area contributed by atoms with Crippen LogP contribution in [-0.4, -0.2) is 18.0 Å². The van der Waals surface area contributed by atoms with Crippen LogP contribution >= 0.6 is 12.4 Å². The molecule has 0 aromatic rings. The van der Waals surface area contributed by atoms with Crippen LogP contribution in [-0.2, 0) is 4.79 Å². The van der Waals surface area contributed by atoms with Gasteiger partial charge < -0.3 is 11.1 Å². The summed E-state index contributed by atoms with van der Waals surface area (Å²) in [5.41, 5.74) is 6.18. The van der Waals surface area contributed by atoms with E-state index in [1.54, 1.807) is 6.92 Å². The highest BCUT2D eigenvalue weighted by molar-refractivity contribution is 5.85. The Morgan fingerprint density at radius 2 is 1.65 bits per heavy atom. The van der Waals surface area contributed by atoms with Crippen LogP contribution < -0.4 is 11.1 Å². The molecule has 0 spiro atoms. The molecule has 1 aliphatic carbocycles. The maximum absolute atomic E-state index is 11.6. The van der Waals surface area contributed by atoms with Crippen LogP contribution in [0.5, 0.6) is 0 Å². The largest absolute Gasteiger partial charge is 0.352 e. The van der Waals surface area contributed by atoms with Crippen molar-refractivity contribution in [2.45, 2.75) is 66.0 Å². The first kappa shape index (κ1) is 16.7. The Morgan fingerprint density at radius 1 is 1.24 bits per heavy atom. The first-order chi connectivity index (χ1) is 7.11. The molecular formula is C13H27ClN2O. The highest BCUT2D eigenvalue weighted by Crippen LogP contribution is 2.45. The number of nitrogens with one attached hydrogen (secondary N) is 1. The lowest BCUT2D eigenvalue weighted by Gasteiger charge is -2.45. The van der Waals surface area contributed by atoms with Crippen molar-refractivity contribution >= 4 is 18.3 Å². The topological polar surface area (TPSA) is 55.1 Å². The van der Waals surface area contributed by atoms with Crippen LogP contribution in [0.4, 0.5) is 0 Å². The summed E-state index contributed by atoms with van der Waals surface area (Å²) >= 11 is 0. The minimum absolute atomic E-state index is 0. The fourth-order valence-electron chi connectivity index (χ4n) is 3.28. The maximum Gasteiger partial charge on any atom is 0.236 e. The number of carbonyl (C=O) groups excluding carboxylic acids is 1. The number of hydrogen-bond donors (Lipinski definition) is 2. The summed E-state index contributed by atoms with van der Waals surface area (Å²) in [5.74, 6) is -0.0292. The van der Waals surface area contributed by atoms with Gasteiger partial charge >= 0.3 is 0 Å². The molecule has 4 heteroatoms. The van der Waals surface area contributed by atoms with E-state index in [4.69, 9.17) is 5.73 Å². The van der Waals surface area contributed by atoms with E-state index in [0.717, 1.165) is 12.8 Å². The van der Waals surface area contributed by atoms with Crippen LogP contribution in [0.2, 0.25) is 0 Å². The molecule has 0 radical (unpaired) electrons. The summed E-state index contributed by atoms with van der Waals surface area (Å²) in [6, 6.07) is -0.134. The number of rotatable bonds is 2. The Hall–Kier alpha value is -0.280. The van der Waals surface area contributed by atoms with Gasteiger partial charge in [0.2, 0.25) is 5.91 Å². The van der Waals surface area contributed by atoms with Gasteiger partial charge in [-0.1, -0.05) is 27.7 Å². The summed E-state index contributed by atoms with van der Waals surface area (Å²) in [6.45, 7) is 10.8. The Kier molecular flexibility index (Phi) is 5.48. The predicted molar refractivity (Wildman–Crippen MR) is 74.2 cm³/mol. The summed E-state index contributed by atoms with van der Waals surface area (Å²) < 4.78 is 0. The van der Waals surface area contributed by atoms with Crippen molar-refractivity contribution in [3.63, 3.8) is 0 Å². The third-order valence-corrected chi connectivity index (χ3v) is 3.32. The molecule has 0 aliphatic heterocycles. The molecule has 1 aliphatic rings. The molecule has 1 rings (SSSR count). The van der Waals surface area contributed by atoms with Gasteiger partial charge in [0.1, 0.15) is 0 Å². The molecule has 0 aromatic heterocycles. The number of halogens is 1. The molecule has 0 saturated heterocycles. The third kappa shape index (κ3) is 5.26. The van der Waals surface area contributed by atoms with Gasteiger partial charge in [-0.2, -0.15) is 0 Å². The van der Waals surface area contributed by atoms with Gasteiger partial charge in [0.05, 0.1) is 6.04 Å². The first-order valence-corrected chi connectivity index (χ1v) is 6.17. The molecule has 17 heavy (non-hydrogen) atoms. The van der Waals surface area contributed by atoms with Crippen molar-refractivity contribution in [1.82, 2.24) is 5.32 Å². The molecule has 0 heterocycles. The van der Waals surface area contributed by atoms with Crippen molar-refractivity contribution < 1.29 is 4.79 Å². The average Bonchev–Trinajstić information content (AvgIpc) is 1.96. The summed E-state index contributed by atoms with van der Waals surface area (Å²) in [6.07, 6.45) is 3.31. The third-order valence-electron chi connectivity index (χ3n) is 3.32. The zero-order valence-electron chi connectivity index (χ0n) is 11.7. The second-order valence-electron chi connectivity index (χ2n) is 6.91. The van der Waals surface area contributed by atoms with E-state index in [2.05, 4.69) is 33.0 Å². The Balaban J connectivity index is 0.00000256. The van der Waals surface area contributed by atoms with E-state index in [1.807, 2.05) is 0 Å². The molecule has 1 amide bonds. The zero-order chi connectivity index (χ0) is 12.6. The second-order valence-corrected chi connectivity index (χ2v) is 6.91. The maximum atomic E-state index is 11.6. The van der Waals surface area contributed by atoms with Crippen LogP contribution in [0.15, 0.2) is 0 Å². The van der Waals surface area contributed by atoms with Crippen LogP contribution in [0, 0.1) is 10.8 Å². The van der Waals surface area contributed by atoms with Crippen molar-refractivity contribution in [3.8, 4) is 0 Å². The second kappa shape index (κ2) is 5.57. The lowest BCUT2D eigenvalue weighted by Crippen LogP contribution is -2.49. The Bertz CT molecular complexity index is 259. The minimum atomic E-state index is -0.409. The summed E-state index contributed by atoms with van der Waals surface area (Å²) in [7, 11) is 0. The van der Waals surface area contributed by atoms with E-state index < -0.39 is 6.04 Å². The first-order valence-electron chi connectivity index (χ1n) is 6.17.